The van der Waals surface area contributed by atoms with Crippen LogP contribution in [0.5, 0.6) is 0 Å². The molecule has 168 valence electrons. The highest BCUT2D eigenvalue weighted by molar-refractivity contribution is 7.92. The number of amides is 1. The number of nitrogens with zero attached hydrogens (tertiary/aromatic N) is 1. The Balaban J connectivity index is 1.73. The number of hydrogen-bond acceptors (Lipinski definition) is 4. The normalized spacial score (nSPS) is 12.4. The molecule has 0 aliphatic rings. The number of hydrogen-bond donors (Lipinski definition) is 2. The summed E-state index contributed by atoms with van der Waals surface area (Å²) in [6.07, 6.45) is 0. The maximum atomic E-state index is 13.2. The van der Waals surface area contributed by atoms with Crippen molar-refractivity contribution < 1.29 is 17.6 Å². The first-order chi connectivity index (χ1) is 15.2. The maximum absolute atomic E-state index is 13.2. The third-order valence-corrected chi connectivity index (χ3v) is 6.39. The Morgan fingerprint density at radius 2 is 1.69 bits per heavy atom. The number of carbonyl (C=O) groups excluding carboxylic acids is 1. The molecule has 0 saturated carbocycles. The minimum absolute atomic E-state index is 0.00523. The number of halogens is 1. The van der Waals surface area contributed by atoms with Crippen LogP contribution in [0.15, 0.2) is 77.7 Å². The van der Waals surface area contributed by atoms with E-state index in [2.05, 4.69) is 10.0 Å². The van der Waals surface area contributed by atoms with E-state index in [1.165, 1.54) is 30.3 Å². The molecule has 1 atom stereocenters. The largest absolute Gasteiger partial charge is 0.350 e. The van der Waals surface area contributed by atoms with E-state index in [0.29, 0.717) is 5.69 Å². The lowest BCUT2D eigenvalue weighted by molar-refractivity contribution is 0.0941. The van der Waals surface area contributed by atoms with Crippen LogP contribution in [0.2, 0.25) is 0 Å². The Bertz CT molecular complexity index is 1200. The zero-order valence-corrected chi connectivity index (χ0v) is 19.0. The molecule has 0 aromatic heterocycles. The molecule has 0 spiro atoms. The van der Waals surface area contributed by atoms with E-state index in [0.717, 1.165) is 11.1 Å². The van der Waals surface area contributed by atoms with E-state index >= 15 is 0 Å². The van der Waals surface area contributed by atoms with Gasteiger partial charge in [0.2, 0.25) is 0 Å². The van der Waals surface area contributed by atoms with Crippen molar-refractivity contribution in [1.29, 1.82) is 0 Å². The number of benzene rings is 3. The van der Waals surface area contributed by atoms with Crippen LogP contribution < -0.4 is 10.0 Å². The van der Waals surface area contributed by atoms with Crippen LogP contribution in [0.3, 0.4) is 0 Å². The molecule has 0 bridgehead atoms. The molecule has 0 heterocycles. The molecule has 1 unspecified atom stereocenters. The third kappa shape index (κ3) is 5.93. The van der Waals surface area contributed by atoms with Crippen molar-refractivity contribution in [3.8, 4) is 0 Å². The standard InChI is InChI=1S/C24H26FN3O3S/c1-17-6-4-8-21(14-17)27-32(30,31)22-9-5-7-19(15-22)24(29)26-16-23(28(2)3)18-10-12-20(25)13-11-18/h4-15,23,27H,16H2,1-3H3,(H,26,29). The molecule has 32 heavy (non-hydrogen) atoms. The lowest BCUT2D eigenvalue weighted by atomic mass is 10.1. The Hall–Kier alpha value is -3.23. The molecule has 0 saturated heterocycles. The summed E-state index contributed by atoms with van der Waals surface area (Å²) in [4.78, 5) is 14.6. The van der Waals surface area contributed by atoms with Crippen molar-refractivity contribution >= 4 is 21.6 Å². The fourth-order valence-corrected chi connectivity index (χ4v) is 4.40. The van der Waals surface area contributed by atoms with Gasteiger partial charge in [-0.25, -0.2) is 12.8 Å². The Morgan fingerprint density at radius 3 is 2.34 bits per heavy atom. The van der Waals surface area contributed by atoms with Crippen LogP contribution in [0.4, 0.5) is 10.1 Å². The van der Waals surface area contributed by atoms with Gasteiger partial charge in [-0.05, 0) is 74.6 Å². The predicted molar refractivity (Wildman–Crippen MR) is 124 cm³/mol. The zero-order valence-electron chi connectivity index (χ0n) is 18.2. The highest BCUT2D eigenvalue weighted by Gasteiger charge is 2.19. The van der Waals surface area contributed by atoms with Crippen molar-refractivity contribution in [2.24, 2.45) is 0 Å². The van der Waals surface area contributed by atoms with E-state index in [4.69, 9.17) is 0 Å². The summed E-state index contributed by atoms with van der Waals surface area (Å²) in [5.74, 6) is -0.723. The molecule has 0 radical (unpaired) electrons. The lowest BCUT2D eigenvalue weighted by Gasteiger charge is -2.25. The number of carbonyl (C=O) groups is 1. The van der Waals surface area contributed by atoms with Crippen molar-refractivity contribution in [2.45, 2.75) is 17.9 Å². The summed E-state index contributed by atoms with van der Waals surface area (Å²) in [7, 11) is -0.121. The summed E-state index contributed by atoms with van der Waals surface area (Å²) < 4.78 is 41.3. The van der Waals surface area contributed by atoms with Crippen molar-refractivity contribution in [2.75, 3.05) is 25.4 Å². The lowest BCUT2D eigenvalue weighted by Crippen LogP contribution is -2.34. The number of nitrogens with one attached hydrogen (secondary N) is 2. The summed E-state index contributed by atoms with van der Waals surface area (Å²) in [5, 5.41) is 2.84. The Labute approximate surface area is 188 Å². The topological polar surface area (TPSA) is 78.5 Å². The van der Waals surface area contributed by atoms with E-state index < -0.39 is 15.9 Å². The van der Waals surface area contributed by atoms with Gasteiger partial charge in [-0.2, -0.15) is 0 Å². The molecule has 0 aliphatic carbocycles. The Morgan fingerprint density at radius 1 is 1.00 bits per heavy atom. The number of aryl methyl sites for hydroxylation is 1. The third-order valence-electron chi connectivity index (χ3n) is 5.01. The van der Waals surface area contributed by atoms with Crippen LogP contribution in [0.1, 0.15) is 27.5 Å². The molecular weight excluding hydrogens is 429 g/mol. The molecular formula is C24H26FN3O3S. The van der Waals surface area contributed by atoms with E-state index in [1.54, 1.807) is 36.4 Å². The Kier molecular flexibility index (Phi) is 7.27. The molecule has 8 heteroatoms. The number of rotatable bonds is 8. The molecule has 3 aromatic rings. The quantitative estimate of drug-likeness (QED) is 0.539. The predicted octanol–water partition coefficient (Wildman–Crippen LogP) is 3.97. The minimum Gasteiger partial charge on any atom is -0.350 e. The average molecular weight is 456 g/mol. The second-order valence-electron chi connectivity index (χ2n) is 7.74. The maximum Gasteiger partial charge on any atom is 0.261 e. The van der Waals surface area contributed by atoms with Crippen LogP contribution in [0, 0.1) is 12.7 Å². The van der Waals surface area contributed by atoms with E-state index in [-0.39, 0.29) is 28.9 Å². The molecule has 6 nitrogen and oxygen atoms in total. The number of likely N-dealkylation sites (N-methyl/N-ethyl adjacent to an activating group) is 1. The van der Waals surface area contributed by atoms with Crippen LogP contribution in [-0.2, 0) is 10.0 Å². The van der Waals surface area contributed by atoms with Crippen molar-refractivity contribution in [3.63, 3.8) is 0 Å². The fourth-order valence-electron chi connectivity index (χ4n) is 3.30. The second kappa shape index (κ2) is 9.93. The molecule has 3 rings (SSSR count). The molecule has 0 fully saturated rings. The van der Waals surface area contributed by atoms with Gasteiger partial charge in [0.25, 0.3) is 15.9 Å². The highest BCUT2D eigenvalue weighted by Crippen LogP contribution is 2.20. The average Bonchev–Trinajstić information content (AvgIpc) is 2.74. The van der Waals surface area contributed by atoms with Crippen molar-refractivity contribution in [3.05, 3.63) is 95.3 Å². The van der Waals surface area contributed by atoms with Crippen LogP contribution in [-0.4, -0.2) is 39.9 Å². The van der Waals surface area contributed by atoms with E-state index in [1.807, 2.05) is 32.0 Å². The molecule has 1 amide bonds. The van der Waals surface area contributed by atoms with Gasteiger partial charge >= 0.3 is 0 Å². The summed E-state index contributed by atoms with van der Waals surface area (Å²) in [6.45, 7) is 2.14. The van der Waals surface area contributed by atoms with Gasteiger partial charge < -0.3 is 10.2 Å². The van der Waals surface area contributed by atoms with Gasteiger partial charge in [0.1, 0.15) is 5.82 Å². The van der Waals surface area contributed by atoms with Gasteiger partial charge in [0.15, 0.2) is 0 Å². The summed E-state index contributed by atoms with van der Waals surface area (Å²) in [5.41, 5.74) is 2.46. The highest BCUT2D eigenvalue weighted by atomic mass is 32.2. The monoisotopic (exact) mass is 455 g/mol. The van der Waals surface area contributed by atoms with Crippen LogP contribution >= 0.6 is 0 Å². The summed E-state index contributed by atoms with van der Waals surface area (Å²) in [6, 6.07) is 18.8. The first-order valence-electron chi connectivity index (χ1n) is 10.1. The van der Waals surface area contributed by atoms with Crippen molar-refractivity contribution in [1.82, 2.24) is 10.2 Å². The molecule has 2 N–H and O–H groups in total. The number of sulfonamides is 1. The van der Waals surface area contributed by atoms with Gasteiger partial charge in [0, 0.05) is 17.8 Å². The zero-order chi connectivity index (χ0) is 23.3. The second-order valence-corrected chi connectivity index (χ2v) is 9.43. The van der Waals surface area contributed by atoms with E-state index in [9.17, 15) is 17.6 Å². The van der Waals surface area contributed by atoms with Gasteiger partial charge in [-0.1, -0.05) is 30.3 Å². The smallest absolute Gasteiger partial charge is 0.261 e. The first kappa shape index (κ1) is 23.4. The minimum atomic E-state index is -3.85. The number of anilines is 1. The first-order valence-corrected chi connectivity index (χ1v) is 11.5. The van der Waals surface area contributed by atoms with Gasteiger partial charge in [-0.15, -0.1) is 0 Å². The SMILES string of the molecule is Cc1cccc(NS(=O)(=O)c2cccc(C(=O)NCC(c3ccc(F)cc3)N(C)C)c2)c1. The fraction of sp³-hybridized carbons (Fsp3) is 0.208. The van der Waals surface area contributed by atoms with Crippen LogP contribution in [0.25, 0.3) is 0 Å². The van der Waals surface area contributed by atoms with Gasteiger partial charge in [0.05, 0.1) is 10.9 Å². The summed E-state index contributed by atoms with van der Waals surface area (Å²) >= 11 is 0. The molecule has 3 aromatic carbocycles. The molecule has 0 aliphatic heterocycles. The van der Waals surface area contributed by atoms with Gasteiger partial charge in [-0.3, -0.25) is 9.52 Å².